The van der Waals surface area contributed by atoms with Crippen molar-refractivity contribution >= 4 is 17.1 Å². The number of imidazole rings is 1. The smallest absolute Gasteiger partial charge is 0.280 e. The second-order valence-corrected chi connectivity index (χ2v) is 4.66. The molecule has 0 amide bonds. The highest BCUT2D eigenvalue weighted by Crippen LogP contribution is 2.30. The highest BCUT2D eigenvalue weighted by molar-refractivity contribution is 5.70. The number of hydrogen-bond acceptors (Lipinski definition) is 7. The van der Waals surface area contributed by atoms with Crippen molar-refractivity contribution in [3.05, 3.63) is 16.7 Å². The molecule has 0 aliphatic carbocycles. The fraction of sp³-hybridized carbons (Fsp3) is 0.545. The zero-order valence-electron chi connectivity index (χ0n) is 10.8. The second-order valence-electron chi connectivity index (χ2n) is 4.66. The summed E-state index contributed by atoms with van der Waals surface area (Å²) in [6.07, 6.45) is 0.314. The highest BCUT2D eigenvalue weighted by atomic mass is 16.6. The Morgan fingerprint density at radius 3 is 3.25 bits per heavy atom. The van der Waals surface area contributed by atoms with Gasteiger partial charge in [-0.05, 0) is 0 Å². The number of methoxy groups -OCH3 is 1. The van der Waals surface area contributed by atoms with Crippen LogP contribution in [0.15, 0.2) is 11.1 Å². The predicted molar refractivity (Wildman–Crippen MR) is 69.0 cm³/mol. The van der Waals surface area contributed by atoms with Crippen molar-refractivity contribution in [2.75, 3.05) is 19.5 Å². The molecule has 3 atom stereocenters. The van der Waals surface area contributed by atoms with E-state index in [4.69, 9.17) is 15.2 Å². The van der Waals surface area contributed by atoms with Gasteiger partial charge in [0.2, 0.25) is 5.95 Å². The average molecular weight is 281 g/mol. The Hall–Kier alpha value is -1.97. The summed E-state index contributed by atoms with van der Waals surface area (Å²) in [4.78, 5) is 22.2. The van der Waals surface area contributed by atoms with Gasteiger partial charge >= 0.3 is 0 Å². The van der Waals surface area contributed by atoms with Crippen LogP contribution in [0.1, 0.15) is 12.6 Å². The second kappa shape index (κ2) is 4.85. The Bertz CT molecular complexity index is 681. The molecule has 20 heavy (non-hydrogen) atoms. The molecule has 1 aliphatic rings. The van der Waals surface area contributed by atoms with Crippen LogP contribution in [-0.2, 0) is 9.47 Å². The molecule has 9 nitrogen and oxygen atoms in total. The van der Waals surface area contributed by atoms with E-state index in [2.05, 4.69) is 15.0 Å². The summed E-state index contributed by atoms with van der Waals surface area (Å²) in [7, 11) is 1.54. The van der Waals surface area contributed by atoms with Crippen LogP contribution in [0.5, 0.6) is 0 Å². The number of ether oxygens (including phenoxy) is 2. The number of nitrogens with two attached hydrogens (primary N) is 1. The topological polar surface area (TPSA) is 128 Å². The quantitative estimate of drug-likeness (QED) is 0.658. The Morgan fingerprint density at radius 2 is 2.50 bits per heavy atom. The van der Waals surface area contributed by atoms with Crippen molar-refractivity contribution in [2.24, 2.45) is 0 Å². The SMILES string of the molecule is COC[C@H]1O[C@@H](n2cnc3c(=O)[nH]c(N)nc32)C[C@@H]1O. The maximum Gasteiger partial charge on any atom is 0.280 e. The van der Waals surface area contributed by atoms with E-state index in [1.54, 1.807) is 4.57 Å². The predicted octanol–water partition coefficient (Wildman–Crippen LogP) is -1.00. The van der Waals surface area contributed by atoms with Crippen molar-refractivity contribution in [1.82, 2.24) is 19.5 Å². The summed E-state index contributed by atoms with van der Waals surface area (Å²) >= 11 is 0. The number of nitrogens with zero attached hydrogens (tertiary/aromatic N) is 3. The van der Waals surface area contributed by atoms with Crippen LogP contribution in [0.3, 0.4) is 0 Å². The van der Waals surface area contributed by atoms with Gasteiger partial charge in [-0.1, -0.05) is 0 Å². The van der Waals surface area contributed by atoms with Crippen LogP contribution in [0.4, 0.5) is 5.95 Å². The Labute approximate surface area is 113 Å². The minimum Gasteiger partial charge on any atom is -0.390 e. The van der Waals surface area contributed by atoms with Gasteiger partial charge in [-0.25, -0.2) is 4.98 Å². The molecule has 2 aromatic rings. The number of anilines is 1. The standard InChI is InChI=1S/C11H15N5O4/c1-19-3-6-5(17)2-7(20-6)16-4-13-8-9(16)14-11(12)15-10(8)18/h4-7,17H,2-3H2,1H3,(H3,12,14,15,18)/t5-,6+,7+/m0/s1. The molecule has 0 aromatic carbocycles. The first-order chi connectivity index (χ1) is 9.60. The zero-order chi connectivity index (χ0) is 14.3. The van der Waals surface area contributed by atoms with Gasteiger partial charge < -0.3 is 20.3 Å². The molecular weight excluding hydrogens is 266 g/mol. The van der Waals surface area contributed by atoms with Gasteiger partial charge in [-0.2, -0.15) is 4.98 Å². The van der Waals surface area contributed by atoms with Gasteiger partial charge in [0, 0.05) is 13.5 Å². The largest absolute Gasteiger partial charge is 0.390 e. The molecule has 0 unspecified atom stereocenters. The molecule has 0 spiro atoms. The van der Waals surface area contributed by atoms with E-state index in [9.17, 15) is 9.90 Å². The number of H-pyrrole nitrogens is 1. The molecule has 108 valence electrons. The molecular formula is C11H15N5O4. The van der Waals surface area contributed by atoms with E-state index in [-0.39, 0.29) is 11.5 Å². The van der Waals surface area contributed by atoms with Crippen LogP contribution in [0, 0.1) is 0 Å². The number of aromatic nitrogens is 4. The van der Waals surface area contributed by atoms with E-state index in [0.29, 0.717) is 18.7 Å². The van der Waals surface area contributed by atoms with E-state index in [0.717, 1.165) is 0 Å². The monoisotopic (exact) mass is 281 g/mol. The lowest BCUT2D eigenvalue weighted by molar-refractivity contribution is -0.0523. The Morgan fingerprint density at radius 1 is 1.70 bits per heavy atom. The molecule has 0 radical (unpaired) electrons. The normalized spacial score (nSPS) is 26.4. The maximum absolute atomic E-state index is 11.7. The van der Waals surface area contributed by atoms with Crippen LogP contribution >= 0.6 is 0 Å². The number of nitrogen functional groups attached to an aromatic ring is 1. The summed E-state index contributed by atoms with van der Waals surface area (Å²) in [6, 6.07) is 0. The lowest BCUT2D eigenvalue weighted by atomic mass is 10.2. The lowest BCUT2D eigenvalue weighted by Gasteiger charge is -2.14. The van der Waals surface area contributed by atoms with Gasteiger partial charge in [0.25, 0.3) is 5.56 Å². The molecule has 1 aliphatic heterocycles. The van der Waals surface area contributed by atoms with Gasteiger partial charge in [0.1, 0.15) is 12.3 Å². The summed E-state index contributed by atoms with van der Waals surface area (Å²) in [6.45, 7) is 0.292. The van der Waals surface area contributed by atoms with Crippen molar-refractivity contribution in [3.8, 4) is 0 Å². The maximum atomic E-state index is 11.7. The number of aromatic amines is 1. The molecule has 1 saturated heterocycles. The van der Waals surface area contributed by atoms with Crippen molar-refractivity contribution in [2.45, 2.75) is 24.9 Å². The van der Waals surface area contributed by atoms with Crippen LogP contribution < -0.4 is 11.3 Å². The minimum absolute atomic E-state index is 0.0104. The third-order valence-corrected chi connectivity index (χ3v) is 3.30. The summed E-state index contributed by atoms with van der Waals surface area (Å²) < 4.78 is 12.3. The third kappa shape index (κ3) is 2.05. The van der Waals surface area contributed by atoms with E-state index in [1.807, 2.05) is 0 Å². The molecule has 9 heteroatoms. The fourth-order valence-electron chi connectivity index (χ4n) is 2.35. The van der Waals surface area contributed by atoms with E-state index in [1.165, 1.54) is 13.4 Å². The zero-order valence-corrected chi connectivity index (χ0v) is 10.8. The van der Waals surface area contributed by atoms with Gasteiger partial charge in [0.15, 0.2) is 11.2 Å². The van der Waals surface area contributed by atoms with Crippen LogP contribution in [0.2, 0.25) is 0 Å². The minimum atomic E-state index is -0.642. The first kappa shape index (κ1) is 13.0. The summed E-state index contributed by atoms with van der Waals surface area (Å²) in [5, 5.41) is 9.92. The third-order valence-electron chi connectivity index (χ3n) is 3.30. The Balaban J connectivity index is 1.98. The first-order valence-corrected chi connectivity index (χ1v) is 6.15. The van der Waals surface area contributed by atoms with Crippen LogP contribution in [-0.4, -0.2) is 50.6 Å². The number of hydrogen-bond donors (Lipinski definition) is 3. The van der Waals surface area contributed by atoms with Gasteiger partial charge in [0.05, 0.1) is 19.0 Å². The van der Waals surface area contributed by atoms with Gasteiger partial charge in [-0.15, -0.1) is 0 Å². The molecule has 0 bridgehead atoms. The van der Waals surface area contributed by atoms with Crippen molar-refractivity contribution in [3.63, 3.8) is 0 Å². The lowest BCUT2D eigenvalue weighted by Crippen LogP contribution is -2.25. The molecule has 3 heterocycles. The summed E-state index contributed by atoms with van der Waals surface area (Å²) in [5.41, 5.74) is 5.65. The van der Waals surface area contributed by atoms with E-state index < -0.39 is 24.0 Å². The van der Waals surface area contributed by atoms with Crippen molar-refractivity contribution in [1.29, 1.82) is 0 Å². The van der Waals surface area contributed by atoms with Gasteiger partial charge in [-0.3, -0.25) is 14.3 Å². The molecule has 4 N–H and O–H groups in total. The molecule has 3 rings (SSSR count). The number of aliphatic hydroxyl groups excluding tert-OH is 1. The Kier molecular flexibility index (Phi) is 3.16. The summed E-state index contributed by atoms with van der Waals surface area (Å²) in [5.74, 6) is 0.0104. The number of nitrogens with one attached hydrogen (secondary N) is 1. The van der Waals surface area contributed by atoms with Crippen molar-refractivity contribution < 1.29 is 14.6 Å². The molecule has 0 saturated carbocycles. The molecule has 1 fully saturated rings. The number of rotatable bonds is 3. The molecule has 2 aromatic heterocycles. The number of aliphatic hydroxyl groups is 1. The number of fused-ring (bicyclic) bond motifs is 1. The first-order valence-electron chi connectivity index (χ1n) is 6.15. The average Bonchev–Trinajstić information content (AvgIpc) is 2.94. The highest BCUT2D eigenvalue weighted by Gasteiger charge is 2.35. The van der Waals surface area contributed by atoms with E-state index >= 15 is 0 Å². The van der Waals surface area contributed by atoms with Crippen LogP contribution in [0.25, 0.3) is 11.2 Å². The fourth-order valence-corrected chi connectivity index (χ4v) is 2.35.